The Morgan fingerprint density at radius 2 is 1.67 bits per heavy atom. The van der Waals surface area contributed by atoms with E-state index in [1.54, 1.807) is 11.5 Å². The lowest BCUT2D eigenvalue weighted by Crippen LogP contribution is -2.40. The minimum atomic E-state index is -0.707. The highest BCUT2D eigenvalue weighted by molar-refractivity contribution is 14.1. The third kappa shape index (κ3) is 6.81. The monoisotopic (exact) mass is 858 g/mol. The van der Waals surface area contributed by atoms with Crippen molar-refractivity contribution in [3.05, 3.63) is 157 Å². The maximum Gasteiger partial charge on any atom is 0.338 e. The van der Waals surface area contributed by atoms with Gasteiger partial charge in [0.1, 0.15) is 12.4 Å². The van der Waals surface area contributed by atoms with Crippen molar-refractivity contribution < 1.29 is 14.3 Å². The minimum absolute atomic E-state index is 0.201. The number of carbonyl (C=O) groups is 1. The maximum atomic E-state index is 14.2. The van der Waals surface area contributed by atoms with Gasteiger partial charge in [-0.3, -0.25) is 9.36 Å². The normalized spacial score (nSPS) is 14.6. The lowest BCUT2D eigenvalue weighted by molar-refractivity contribution is -0.138. The molecule has 4 aromatic carbocycles. The standard InChI is InChI=1S/C35H25ClI2N2O4S/c1-2-43-34(42)29-30(23-11-5-3-6-12-23)39-35-40(31(29)24-13-7-4-8-14-24)33(41)28(45-35)19-22-17-26(37)32(27(38)18-22)44-20-21-10-9-15-25(36)16-21/h3-19,31H,2,20H2,1H3/b28-19-/t31-/m0/s1. The van der Waals surface area contributed by atoms with Gasteiger partial charge in [0.15, 0.2) is 4.80 Å². The Morgan fingerprint density at radius 3 is 2.33 bits per heavy atom. The number of hydrogen-bond donors (Lipinski definition) is 0. The molecule has 1 aliphatic heterocycles. The Kier molecular flexibility index (Phi) is 9.88. The minimum Gasteiger partial charge on any atom is -0.487 e. The molecule has 5 aromatic rings. The van der Waals surface area contributed by atoms with Crippen molar-refractivity contribution in [2.75, 3.05) is 6.61 Å². The SMILES string of the molecule is CCOC(=O)C1=C(c2ccccc2)N=c2s/c(=C\c3cc(I)c(OCc4cccc(Cl)c4)c(I)c3)c(=O)n2[C@H]1c1ccccc1. The lowest BCUT2D eigenvalue weighted by atomic mass is 9.93. The zero-order valence-electron chi connectivity index (χ0n) is 23.9. The average Bonchev–Trinajstić information content (AvgIpc) is 3.34. The quantitative estimate of drug-likeness (QED) is 0.121. The van der Waals surface area contributed by atoms with Gasteiger partial charge in [-0.2, -0.15) is 0 Å². The van der Waals surface area contributed by atoms with E-state index in [1.807, 2.05) is 103 Å². The van der Waals surface area contributed by atoms with Gasteiger partial charge in [0.25, 0.3) is 5.56 Å². The van der Waals surface area contributed by atoms with E-state index in [2.05, 4.69) is 45.2 Å². The second kappa shape index (κ2) is 14.0. The molecule has 1 atom stereocenters. The molecule has 1 aliphatic rings. The van der Waals surface area contributed by atoms with E-state index in [0.717, 1.165) is 35.1 Å². The van der Waals surface area contributed by atoms with Crippen molar-refractivity contribution in [3.63, 3.8) is 0 Å². The van der Waals surface area contributed by atoms with Gasteiger partial charge < -0.3 is 9.47 Å². The molecule has 0 spiro atoms. The van der Waals surface area contributed by atoms with Crippen LogP contribution >= 0.6 is 68.1 Å². The smallest absolute Gasteiger partial charge is 0.338 e. The van der Waals surface area contributed by atoms with Crippen molar-refractivity contribution in [1.29, 1.82) is 0 Å². The van der Waals surface area contributed by atoms with Gasteiger partial charge in [0, 0.05) is 10.6 Å². The summed E-state index contributed by atoms with van der Waals surface area (Å²) in [7, 11) is 0. The lowest BCUT2D eigenvalue weighted by Gasteiger charge is -2.25. The third-order valence-electron chi connectivity index (χ3n) is 7.08. The number of benzene rings is 4. The predicted molar refractivity (Wildman–Crippen MR) is 195 cm³/mol. The van der Waals surface area contributed by atoms with E-state index >= 15 is 0 Å². The first-order chi connectivity index (χ1) is 21.8. The molecule has 0 bridgehead atoms. The number of rotatable bonds is 8. The molecule has 0 amide bonds. The van der Waals surface area contributed by atoms with E-state index in [0.29, 0.717) is 32.2 Å². The van der Waals surface area contributed by atoms with E-state index in [1.165, 1.54) is 11.3 Å². The van der Waals surface area contributed by atoms with Gasteiger partial charge in [-0.15, -0.1) is 0 Å². The Labute approximate surface area is 296 Å². The number of ether oxygens (including phenoxy) is 2. The van der Waals surface area contributed by atoms with Crippen LogP contribution in [0.15, 0.2) is 112 Å². The average molecular weight is 859 g/mol. The number of fused-ring (bicyclic) bond motifs is 1. The highest BCUT2D eigenvalue weighted by Crippen LogP contribution is 2.35. The van der Waals surface area contributed by atoms with Crippen molar-refractivity contribution >= 4 is 85.9 Å². The highest BCUT2D eigenvalue weighted by atomic mass is 127. The first-order valence-electron chi connectivity index (χ1n) is 14.0. The zero-order chi connectivity index (χ0) is 31.5. The molecule has 6 nitrogen and oxygen atoms in total. The summed E-state index contributed by atoms with van der Waals surface area (Å²) in [6.07, 6.45) is 1.87. The van der Waals surface area contributed by atoms with Crippen LogP contribution in [0.25, 0.3) is 11.8 Å². The number of carbonyl (C=O) groups excluding carboxylic acids is 1. The number of aromatic nitrogens is 1. The number of nitrogens with zero attached hydrogens (tertiary/aromatic N) is 2. The van der Waals surface area contributed by atoms with E-state index in [4.69, 9.17) is 26.1 Å². The molecule has 6 rings (SSSR count). The Morgan fingerprint density at radius 1 is 0.978 bits per heavy atom. The van der Waals surface area contributed by atoms with Crippen LogP contribution in [0.2, 0.25) is 5.02 Å². The van der Waals surface area contributed by atoms with Crippen LogP contribution in [0.3, 0.4) is 0 Å². The summed E-state index contributed by atoms with van der Waals surface area (Å²) in [4.78, 5) is 33.2. The van der Waals surface area contributed by atoms with E-state index in [9.17, 15) is 9.59 Å². The van der Waals surface area contributed by atoms with Crippen LogP contribution in [0.1, 0.15) is 35.2 Å². The number of esters is 1. The topological polar surface area (TPSA) is 69.9 Å². The summed E-state index contributed by atoms with van der Waals surface area (Å²) in [6.45, 7) is 2.35. The highest BCUT2D eigenvalue weighted by Gasteiger charge is 2.35. The largest absolute Gasteiger partial charge is 0.487 e. The van der Waals surface area contributed by atoms with Crippen LogP contribution in [0.5, 0.6) is 5.75 Å². The molecule has 45 heavy (non-hydrogen) atoms. The third-order valence-corrected chi connectivity index (χ3v) is 9.90. The first-order valence-corrected chi connectivity index (χ1v) is 17.4. The van der Waals surface area contributed by atoms with Crippen molar-refractivity contribution in [2.45, 2.75) is 19.6 Å². The molecule has 1 aromatic heterocycles. The van der Waals surface area contributed by atoms with Gasteiger partial charge in [-0.1, -0.05) is 95.7 Å². The summed E-state index contributed by atoms with van der Waals surface area (Å²) in [5.74, 6) is 0.270. The number of halogens is 3. The maximum absolute atomic E-state index is 14.2. The van der Waals surface area contributed by atoms with Crippen LogP contribution in [0.4, 0.5) is 0 Å². The Hall–Kier alpha value is -3.26. The molecule has 0 aliphatic carbocycles. The predicted octanol–water partition coefficient (Wildman–Crippen LogP) is 7.38. The van der Waals surface area contributed by atoms with Gasteiger partial charge in [-0.25, -0.2) is 9.79 Å². The van der Waals surface area contributed by atoms with Crippen molar-refractivity contribution in [2.24, 2.45) is 4.99 Å². The van der Waals surface area contributed by atoms with E-state index < -0.39 is 12.0 Å². The molecule has 0 radical (unpaired) electrons. The summed E-state index contributed by atoms with van der Waals surface area (Å²) < 4.78 is 15.6. The number of thiazole rings is 1. The van der Waals surface area contributed by atoms with Crippen LogP contribution in [-0.4, -0.2) is 17.1 Å². The molecule has 2 heterocycles. The fourth-order valence-electron chi connectivity index (χ4n) is 5.13. The molecular formula is C35H25ClI2N2O4S. The Bertz CT molecular complexity index is 2090. The summed E-state index contributed by atoms with van der Waals surface area (Å²) >= 11 is 11.9. The van der Waals surface area contributed by atoms with Gasteiger partial charge in [0.05, 0.1) is 35.6 Å². The summed E-state index contributed by atoms with van der Waals surface area (Å²) in [6, 6.07) is 29.9. The molecule has 10 heteroatoms. The molecule has 226 valence electrons. The molecule has 0 saturated heterocycles. The fraction of sp³-hybridized carbons (Fsp3) is 0.114. The first kappa shape index (κ1) is 31.7. The van der Waals surface area contributed by atoms with Crippen LogP contribution in [0, 0.1) is 7.14 Å². The summed E-state index contributed by atoms with van der Waals surface area (Å²) in [5.41, 5.74) is 4.00. The molecule has 0 saturated carbocycles. The molecule has 0 unspecified atom stereocenters. The fourth-order valence-corrected chi connectivity index (χ4v) is 8.47. The Balaban J connectivity index is 1.47. The molecule has 0 N–H and O–H groups in total. The second-order valence-electron chi connectivity index (χ2n) is 10.1. The second-order valence-corrected chi connectivity index (χ2v) is 13.8. The number of hydrogen-bond acceptors (Lipinski definition) is 6. The molecule has 0 fully saturated rings. The summed E-state index contributed by atoms with van der Waals surface area (Å²) in [5, 5.41) is 0.664. The van der Waals surface area contributed by atoms with Crippen molar-refractivity contribution in [3.8, 4) is 5.75 Å². The van der Waals surface area contributed by atoms with Crippen molar-refractivity contribution in [1.82, 2.24) is 4.57 Å². The van der Waals surface area contributed by atoms with Crippen LogP contribution < -0.4 is 19.6 Å². The van der Waals surface area contributed by atoms with Gasteiger partial charge in [0.2, 0.25) is 0 Å². The van der Waals surface area contributed by atoms with Gasteiger partial charge >= 0.3 is 5.97 Å². The molecular weight excluding hydrogens is 834 g/mol. The van der Waals surface area contributed by atoms with Crippen LogP contribution in [-0.2, 0) is 16.1 Å². The van der Waals surface area contributed by atoms with Gasteiger partial charge in [-0.05, 0) is 99.1 Å². The zero-order valence-corrected chi connectivity index (χ0v) is 29.8. The van der Waals surface area contributed by atoms with E-state index in [-0.39, 0.29) is 12.2 Å².